The Kier molecular flexibility index (Phi) is 4.45. The van der Waals surface area contributed by atoms with Gasteiger partial charge in [-0.2, -0.15) is 4.99 Å². The molecule has 1 spiro atoms. The fourth-order valence-corrected chi connectivity index (χ4v) is 3.72. The molecule has 4 N–H and O–H groups in total. The molecule has 0 atom stereocenters. The predicted molar refractivity (Wildman–Crippen MR) is 96.1 cm³/mol. The van der Waals surface area contributed by atoms with Crippen molar-refractivity contribution in [2.24, 2.45) is 21.5 Å². The molecule has 0 radical (unpaired) electrons. The van der Waals surface area contributed by atoms with E-state index in [-0.39, 0.29) is 5.96 Å². The highest BCUT2D eigenvalue weighted by Gasteiger charge is 2.43. The summed E-state index contributed by atoms with van der Waals surface area (Å²) in [4.78, 5) is 10.7. The first-order valence-corrected chi connectivity index (χ1v) is 8.30. The molecular formula is C16H22ClN5O2. The second kappa shape index (κ2) is 6.39. The van der Waals surface area contributed by atoms with Crippen LogP contribution in [0.3, 0.4) is 0 Å². The van der Waals surface area contributed by atoms with E-state index < -0.39 is 5.66 Å². The van der Waals surface area contributed by atoms with E-state index in [2.05, 4.69) is 9.98 Å². The summed E-state index contributed by atoms with van der Waals surface area (Å²) in [5.74, 6) is 1.63. The van der Waals surface area contributed by atoms with E-state index in [0.717, 1.165) is 25.7 Å². The van der Waals surface area contributed by atoms with Crippen LogP contribution in [0.4, 0.5) is 5.69 Å². The lowest BCUT2D eigenvalue weighted by atomic mass is 9.87. The van der Waals surface area contributed by atoms with Crippen LogP contribution in [0, 0.1) is 0 Å². The summed E-state index contributed by atoms with van der Waals surface area (Å²) in [6.45, 7) is 0. The predicted octanol–water partition coefficient (Wildman–Crippen LogP) is 2.47. The van der Waals surface area contributed by atoms with Gasteiger partial charge in [0.15, 0.2) is 0 Å². The zero-order valence-electron chi connectivity index (χ0n) is 13.9. The molecule has 7 nitrogen and oxygen atoms in total. The molecule has 1 aromatic rings. The van der Waals surface area contributed by atoms with E-state index in [1.165, 1.54) is 6.42 Å². The van der Waals surface area contributed by atoms with Gasteiger partial charge in [0.1, 0.15) is 17.2 Å². The number of ether oxygens (including phenoxy) is 2. The Morgan fingerprint density at radius 1 is 1.08 bits per heavy atom. The van der Waals surface area contributed by atoms with E-state index in [9.17, 15) is 0 Å². The van der Waals surface area contributed by atoms with Gasteiger partial charge in [-0.1, -0.05) is 18.0 Å². The Morgan fingerprint density at radius 2 is 1.75 bits per heavy atom. The zero-order chi connectivity index (χ0) is 17.3. The van der Waals surface area contributed by atoms with Gasteiger partial charge in [0, 0.05) is 6.07 Å². The molecule has 0 amide bonds. The highest BCUT2D eigenvalue weighted by Crippen LogP contribution is 2.45. The molecule has 130 valence electrons. The maximum absolute atomic E-state index is 6.33. The van der Waals surface area contributed by atoms with Crippen LogP contribution < -0.4 is 25.8 Å². The minimum absolute atomic E-state index is 0.212. The molecule has 0 unspecified atom stereocenters. The van der Waals surface area contributed by atoms with Crippen molar-refractivity contribution in [1.29, 1.82) is 0 Å². The summed E-state index contributed by atoms with van der Waals surface area (Å²) < 4.78 is 10.8. The van der Waals surface area contributed by atoms with Crippen LogP contribution in [0.5, 0.6) is 11.5 Å². The van der Waals surface area contributed by atoms with Gasteiger partial charge in [0.2, 0.25) is 11.9 Å². The topological polar surface area (TPSA) is 98.5 Å². The Labute approximate surface area is 146 Å². The number of anilines is 1. The minimum atomic E-state index is -0.542. The number of rotatable bonds is 3. The number of hydrogen-bond acceptors (Lipinski definition) is 7. The lowest BCUT2D eigenvalue weighted by Gasteiger charge is -2.45. The quantitative estimate of drug-likeness (QED) is 0.871. The van der Waals surface area contributed by atoms with Gasteiger partial charge in [-0.15, -0.1) is 0 Å². The molecule has 0 aromatic heterocycles. The third kappa shape index (κ3) is 2.73. The summed E-state index contributed by atoms with van der Waals surface area (Å²) in [5, 5.41) is 0.467. The number of benzene rings is 1. The first-order chi connectivity index (χ1) is 11.5. The van der Waals surface area contributed by atoms with Crippen molar-refractivity contribution in [1.82, 2.24) is 0 Å². The van der Waals surface area contributed by atoms with Gasteiger partial charge in [-0.05, 0) is 31.7 Å². The lowest BCUT2D eigenvalue weighted by molar-refractivity contribution is 0.302. The molecule has 1 aliphatic carbocycles. The molecular weight excluding hydrogens is 330 g/mol. The Balaban J connectivity index is 2.15. The minimum Gasteiger partial charge on any atom is -0.495 e. The fraction of sp³-hybridized carbons (Fsp3) is 0.500. The summed E-state index contributed by atoms with van der Waals surface area (Å²) >= 11 is 6.33. The van der Waals surface area contributed by atoms with E-state index in [1.807, 2.05) is 4.90 Å². The van der Waals surface area contributed by atoms with Crippen LogP contribution in [0.15, 0.2) is 22.1 Å². The highest BCUT2D eigenvalue weighted by atomic mass is 35.5. The average molecular weight is 352 g/mol. The smallest absolute Gasteiger partial charge is 0.220 e. The number of hydrogen-bond donors (Lipinski definition) is 2. The molecule has 1 aromatic carbocycles. The van der Waals surface area contributed by atoms with Gasteiger partial charge < -0.3 is 20.9 Å². The van der Waals surface area contributed by atoms with Crippen LogP contribution in [0.25, 0.3) is 0 Å². The molecule has 1 fully saturated rings. The van der Waals surface area contributed by atoms with Crippen LogP contribution in [-0.4, -0.2) is 31.8 Å². The Hall–Kier alpha value is -2.15. The van der Waals surface area contributed by atoms with Gasteiger partial charge >= 0.3 is 0 Å². The van der Waals surface area contributed by atoms with Crippen LogP contribution >= 0.6 is 11.6 Å². The van der Waals surface area contributed by atoms with Gasteiger partial charge in [-0.25, -0.2) is 4.99 Å². The number of guanidine groups is 2. The van der Waals surface area contributed by atoms with Crippen molar-refractivity contribution in [3.05, 3.63) is 17.2 Å². The Morgan fingerprint density at radius 3 is 2.38 bits per heavy atom. The van der Waals surface area contributed by atoms with E-state index in [1.54, 1.807) is 26.4 Å². The van der Waals surface area contributed by atoms with E-state index in [0.29, 0.717) is 28.2 Å². The van der Waals surface area contributed by atoms with Crippen molar-refractivity contribution in [3.63, 3.8) is 0 Å². The molecule has 2 aliphatic rings. The van der Waals surface area contributed by atoms with Gasteiger partial charge in [0.05, 0.1) is 24.9 Å². The summed E-state index contributed by atoms with van der Waals surface area (Å²) in [6, 6.07) is 3.51. The number of aliphatic imine (C=N–C) groups is 2. The number of nitrogens with zero attached hydrogens (tertiary/aromatic N) is 3. The Bertz CT molecular complexity index is 698. The SMILES string of the molecule is COc1cc(OC)c(N2C(N)=NC(N)=NC23CCCCC3)cc1Cl. The average Bonchev–Trinajstić information content (AvgIpc) is 2.55. The summed E-state index contributed by atoms with van der Waals surface area (Å²) in [7, 11) is 3.15. The molecule has 8 heteroatoms. The molecule has 0 saturated heterocycles. The lowest BCUT2D eigenvalue weighted by Crippen LogP contribution is -2.58. The molecule has 1 saturated carbocycles. The fourth-order valence-electron chi connectivity index (χ4n) is 3.49. The summed E-state index contributed by atoms with van der Waals surface area (Å²) in [6.07, 6.45) is 4.95. The molecule has 3 rings (SSSR count). The standard InChI is InChI=1S/C16H22ClN5O2/c1-23-12-9-13(24-2)11(8-10(12)17)22-15(19)20-14(18)21-16(22)6-4-3-5-7-16/h8-9H,3-7H2,1-2H3,(H4,18,19,20,21). The van der Waals surface area contributed by atoms with Crippen LogP contribution in [0.2, 0.25) is 5.02 Å². The number of methoxy groups -OCH3 is 2. The number of halogens is 1. The third-order valence-electron chi connectivity index (χ3n) is 4.55. The normalized spacial score (nSPS) is 19.7. The third-order valence-corrected chi connectivity index (χ3v) is 4.84. The first-order valence-electron chi connectivity index (χ1n) is 7.92. The maximum atomic E-state index is 6.33. The van der Waals surface area contributed by atoms with Crippen molar-refractivity contribution in [2.75, 3.05) is 19.1 Å². The summed E-state index contributed by atoms with van der Waals surface area (Å²) in [5.41, 5.74) is 12.3. The van der Waals surface area contributed by atoms with Crippen molar-refractivity contribution < 1.29 is 9.47 Å². The second-order valence-electron chi connectivity index (χ2n) is 5.98. The monoisotopic (exact) mass is 351 g/mol. The second-order valence-corrected chi connectivity index (χ2v) is 6.38. The van der Waals surface area contributed by atoms with E-state index >= 15 is 0 Å². The maximum Gasteiger partial charge on any atom is 0.220 e. The molecule has 24 heavy (non-hydrogen) atoms. The molecule has 1 aliphatic heterocycles. The molecule has 1 heterocycles. The largest absolute Gasteiger partial charge is 0.495 e. The first kappa shape index (κ1) is 16.7. The van der Waals surface area contributed by atoms with E-state index in [4.69, 9.17) is 32.5 Å². The van der Waals surface area contributed by atoms with Crippen molar-refractivity contribution in [3.8, 4) is 11.5 Å². The van der Waals surface area contributed by atoms with Crippen molar-refractivity contribution >= 4 is 29.2 Å². The highest BCUT2D eigenvalue weighted by molar-refractivity contribution is 6.32. The van der Waals surface area contributed by atoms with Crippen LogP contribution in [0.1, 0.15) is 32.1 Å². The number of nitrogens with two attached hydrogens (primary N) is 2. The van der Waals surface area contributed by atoms with Gasteiger partial charge in [-0.3, -0.25) is 4.90 Å². The molecule has 0 bridgehead atoms. The zero-order valence-corrected chi connectivity index (χ0v) is 14.6. The van der Waals surface area contributed by atoms with Crippen LogP contribution in [-0.2, 0) is 0 Å². The van der Waals surface area contributed by atoms with Crippen molar-refractivity contribution in [2.45, 2.75) is 37.8 Å². The van der Waals surface area contributed by atoms with Gasteiger partial charge in [0.25, 0.3) is 0 Å².